The molecule has 2 aromatic rings. The number of halogens is 5. The molecule has 0 aliphatic carbocycles. The third-order valence-corrected chi connectivity index (χ3v) is 5.36. The van der Waals surface area contributed by atoms with Gasteiger partial charge in [-0.3, -0.25) is 4.90 Å². The van der Waals surface area contributed by atoms with Gasteiger partial charge in [0.05, 0.1) is 6.54 Å². The number of benzene rings is 1. The van der Waals surface area contributed by atoms with Crippen molar-refractivity contribution in [1.29, 1.82) is 0 Å². The Morgan fingerprint density at radius 2 is 1.73 bits per heavy atom. The Labute approximate surface area is 157 Å². The van der Waals surface area contributed by atoms with Crippen LogP contribution in [0.15, 0.2) is 24.3 Å². The van der Waals surface area contributed by atoms with Gasteiger partial charge in [-0.25, -0.2) is 8.78 Å². The Kier molecular flexibility index (Phi) is 5.99. The molecular weight excluding hydrogens is 392 g/mol. The number of nitrogens with zero attached hydrogens (tertiary/aromatic N) is 4. The van der Waals surface area contributed by atoms with E-state index in [1.165, 1.54) is 16.2 Å². The number of hydrogen-bond acceptors (Lipinski definition) is 5. The average molecular weight is 409 g/mol. The number of alkyl halides is 4. The van der Waals surface area contributed by atoms with E-state index in [2.05, 4.69) is 10.2 Å². The summed E-state index contributed by atoms with van der Waals surface area (Å²) in [4.78, 5) is 3.30. The maximum Gasteiger partial charge on any atom is 0.319 e. The van der Waals surface area contributed by atoms with E-state index in [0.29, 0.717) is 29.7 Å². The fourth-order valence-corrected chi connectivity index (χ4v) is 3.74. The van der Waals surface area contributed by atoms with Crippen LogP contribution in [0.2, 0.25) is 5.02 Å². The van der Waals surface area contributed by atoms with Gasteiger partial charge in [0.15, 0.2) is 0 Å². The minimum absolute atomic E-state index is 0.286. The van der Waals surface area contributed by atoms with E-state index in [4.69, 9.17) is 11.6 Å². The van der Waals surface area contributed by atoms with E-state index in [0.717, 1.165) is 10.6 Å². The van der Waals surface area contributed by atoms with Crippen LogP contribution in [0.1, 0.15) is 10.6 Å². The van der Waals surface area contributed by atoms with Crippen molar-refractivity contribution in [2.24, 2.45) is 0 Å². The first kappa shape index (κ1) is 19.3. The monoisotopic (exact) mass is 408 g/mol. The number of piperazine rings is 1. The molecule has 0 saturated carbocycles. The molecule has 26 heavy (non-hydrogen) atoms. The minimum Gasteiger partial charge on any atom is -0.344 e. The first-order chi connectivity index (χ1) is 12.3. The third kappa shape index (κ3) is 4.83. The fraction of sp³-hybridized carbons (Fsp3) is 0.500. The van der Waals surface area contributed by atoms with Crippen LogP contribution < -0.4 is 4.90 Å². The highest BCUT2D eigenvalue weighted by atomic mass is 35.5. The largest absolute Gasteiger partial charge is 0.344 e. The SMILES string of the molecule is FC(F)C(F)(F)CN1CCN(c2nnc(Cc3ccc(Cl)cc3)s2)CC1. The lowest BCUT2D eigenvalue weighted by Gasteiger charge is -2.35. The van der Waals surface area contributed by atoms with Gasteiger partial charge < -0.3 is 4.90 Å². The summed E-state index contributed by atoms with van der Waals surface area (Å²) < 4.78 is 50.9. The summed E-state index contributed by atoms with van der Waals surface area (Å²) in [5.41, 5.74) is 1.07. The zero-order chi connectivity index (χ0) is 18.7. The van der Waals surface area contributed by atoms with Crippen LogP contribution in [0.25, 0.3) is 0 Å². The highest BCUT2D eigenvalue weighted by Gasteiger charge is 2.42. The van der Waals surface area contributed by atoms with Crippen molar-refractivity contribution in [2.75, 3.05) is 37.6 Å². The molecule has 0 atom stereocenters. The average Bonchev–Trinajstić information content (AvgIpc) is 3.06. The lowest BCUT2D eigenvalue weighted by Crippen LogP contribution is -2.51. The van der Waals surface area contributed by atoms with Crippen LogP contribution in [0.5, 0.6) is 0 Å². The summed E-state index contributed by atoms with van der Waals surface area (Å²) >= 11 is 7.31. The molecule has 0 unspecified atom stereocenters. The van der Waals surface area contributed by atoms with Crippen molar-refractivity contribution in [3.63, 3.8) is 0 Å². The van der Waals surface area contributed by atoms with E-state index in [-0.39, 0.29) is 13.1 Å². The normalized spacial score (nSPS) is 16.5. The predicted molar refractivity (Wildman–Crippen MR) is 93.8 cm³/mol. The molecule has 1 aliphatic heterocycles. The van der Waals surface area contributed by atoms with Crippen LogP contribution >= 0.6 is 22.9 Å². The Bertz CT molecular complexity index is 717. The van der Waals surface area contributed by atoms with Crippen LogP contribution in [-0.4, -0.2) is 60.2 Å². The second-order valence-corrected chi connectivity index (χ2v) is 7.58. The fourth-order valence-electron chi connectivity index (χ4n) is 2.69. The molecule has 0 bridgehead atoms. The molecule has 10 heteroatoms. The van der Waals surface area contributed by atoms with Crippen LogP contribution in [0.3, 0.4) is 0 Å². The van der Waals surface area contributed by atoms with Crippen molar-refractivity contribution in [1.82, 2.24) is 15.1 Å². The minimum atomic E-state index is -3.98. The zero-order valence-corrected chi connectivity index (χ0v) is 15.3. The van der Waals surface area contributed by atoms with Gasteiger partial charge in [0, 0.05) is 37.6 Å². The first-order valence-electron chi connectivity index (χ1n) is 8.03. The van der Waals surface area contributed by atoms with Crippen molar-refractivity contribution in [3.8, 4) is 0 Å². The lowest BCUT2D eigenvalue weighted by molar-refractivity contribution is -0.142. The van der Waals surface area contributed by atoms with Crippen molar-refractivity contribution >= 4 is 28.1 Å². The lowest BCUT2D eigenvalue weighted by atomic mass is 10.2. The van der Waals surface area contributed by atoms with Gasteiger partial charge in [-0.1, -0.05) is 35.1 Å². The van der Waals surface area contributed by atoms with Gasteiger partial charge >= 0.3 is 12.3 Å². The van der Waals surface area contributed by atoms with Crippen molar-refractivity contribution in [3.05, 3.63) is 39.9 Å². The Hall–Kier alpha value is -1.45. The highest BCUT2D eigenvalue weighted by Crippen LogP contribution is 2.27. The Balaban J connectivity index is 1.54. The molecule has 2 heterocycles. The van der Waals surface area contributed by atoms with Crippen molar-refractivity contribution < 1.29 is 17.6 Å². The third-order valence-electron chi connectivity index (χ3n) is 4.12. The maximum atomic E-state index is 13.2. The van der Waals surface area contributed by atoms with E-state index < -0.39 is 18.9 Å². The summed E-state index contributed by atoms with van der Waals surface area (Å²) in [5, 5.41) is 10.6. The molecule has 4 nitrogen and oxygen atoms in total. The van der Waals surface area contributed by atoms with Gasteiger partial charge in [-0.05, 0) is 17.7 Å². The van der Waals surface area contributed by atoms with Gasteiger partial charge in [0.2, 0.25) is 5.13 Å². The van der Waals surface area contributed by atoms with E-state index in [9.17, 15) is 17.6 Å². The molecule has 1 fully saturated rings. The molecule has 3 rings (SSSR count). The van der Waals surface area contributed by atoms with Crippen LogP contribution in [-0.2, 0) is 6.42 Å². The Morgan fingerprint density at radius 3 is 2.35 bits per heavy atom. The molecule has 1 saturated heterocycles. The Morgan fingerprint density at radius 1 is 1.08 bits per heavy atom. The van der Waals surface area contributed by atoms with E-state index in [1.54, 1.807) is 0 Å². The summed E-state index contributed by atoms with van der Waals surface area (Å²) in [6, 6.07) is 7.47. The quantitative estimate of drug-likeness (QED) is 0.680. The number of hydrogen-bond donors (Lipinski definition) is 0. The molecule has 0 radical (unpaired) electrons. The molecule has 0 spiro atoms. The number of anilines is 1. The van der Waals surface area contributed by atoms with Crippen LogP contribution in [0, 0.1) is 0 Å². The first-order valence-corrected chi connectivity index (χ1v) is 9.23. The van der Waals surface area contributed by atoms with Crippen molar-refractivity contribution in [2.45, 2.75) is 18.8 Å². The summed E-state index contributed by atoms with van der Waals surface area (Å²) in [6.07, 6.45) is -3.01. The highest BCUT2D eigenvalue weighted by molar-refractivity contribution is 7.15. The molecule has 1 aliphatic rings. The molecule has 142 valence electrons. The maximum absolute atomic E-state index is 13.2. The molecule has 0 N–H and O–H groups in total. The summed E-state index contributed by atoms with van der Waals surface area (Å²) in [5.74, 6) is -3.98. The van der Waals surface area contributed by atoms with Gasteiger partial charge in [0.25, 0.3) is 0 Å². The predicted octanol–water partition coefficient (Wildman–Crippen LogP) is 3.80. The topological polar surface area (TPSA) is 32.3 Å². The molecule has 0 amide bonds. The molecule has 1 aromatic heterocycles. The smallest absolute Gasteiger partial charge is 0.319 e. The zero-order valence-electron chi connectivity index (χ0n) is 13.7. The summed E-state index contributed by atoms with van der Waals surface area (Å²) in [6.45, 7) is 0.559. The second-order valence-electron chi connectivity index (χ2n) is 6.11. The number of aromatic nitrogens is 2. The van der Waals surface area contributed by atoms with Gasteiger partial charge in [0.1, 0.15) is 5.01 Å². The molecule has 1 aromatic carbocycles. The van der Waals surface area contributed by atoms with Crippen LogP contribution in [0.4, 0.5) is 22.7 Å². The summed E-state index contributed by atoms with van der Waals surface area (Å²) in [7, 11) is 0. The molecular formula is C16H17ClF4N4S. The van der Waals surface area contributed by atoms with E-state index in [1.807, 2.05) is 29.2 Å². The second kappa shape index (κ2) is 8.06. The standard InChI is InChI=1S/C16H17ClF4N4S/c17-12-3-1-11(2-4-12)9-13-22-23-15(26-13)25-7-5-24(6-8-25)10-16(20,21)14(18)19/h1-4,14H,5-10H2. The van der Waals surface area contributed by atoms with E-state index >= 15 is 0 Å². The van der Waals surface area contributed by atoms with Gasteiger partial charge in [-0.15, -0.1) is 10.2 Å². The number of rotatable bonds is 6. The van der Waals surface area contributed by atoms with Gasteiger partial charge in [-0.2, -0.15) is 8.78 Å².